The monoisotopic (exact) mass is 371 g/mol. The Labute approximate surface area is 158 Å². The molecule has 7 nitrogen and oxygen atoms in total. The molecule has 1 aromatic carbocycles. The normalized spacial score (nSPS) is 20.5. The van der Waals surface area contributed by atoms with Gasteiger partial charge in [-0.2, -0.15) is 0 Å². The molecule has 1 saturated heterocycles. The van der Waals surface area contributed by atoms with Crippen LogP contribution in [0.4, 0.5) is 0 Å². The molecule has 2 unspecified atom stereocenters. The van der Waals surface area contributed by atoms with Crippen molar-refractivity contribution in [3.8, 4) is 11.3 Å². The SMILES string of the molecule is CC(=O)N1CCCC1(Cc1cc(-c2ccccc2)no1)C(=O)NC(C)CO. The maximum Gasteiger partial charge on any atom is 0.246 e. The Hall–Kier alpha value is -2.67. The third kappa shape index (κ3) is 3.88. The fourth-order valence-corrected chi connectivity index (χ4v) is 3.67. The average Bonchev–Trinajstić information content (AvgIpc) is 3.30. The third-order valence-electron chi connectivity index (χ3n) is 5.04. The van der Waals surface area contributed by atoms with Crippen LogP contribution in [-0.4, -0.2) is 51.7 Å². The smallest absolute Gasteiger partial charge is 0.246 e. The summed E-state index contributed by atoms with van der Waals surface area (Å²) in [6, 6.07) is 11.1. The van der Waals surface area contributed by atoms with Gasteiger partial charge in [0.1, 0.15) is 17.0 Å². The van der Waals surface area contributed by atoms with Gasteiger partial charge in [0.25, 0.3) is 0 Å². The minimum Gasteiger partial charge on any atom is -0.394 e. The molecule has 3 rings (SSSR count). The predicted octanol–water partition coefficient (Wildman–Crippen LogP) is 1.76. The van der Waals surface area contributed by atoms with Crippen LogP contribution in [0.15, 0.2) is 40.9 Å². The number of likely N-dealkylation sites (tertiary alicyclic amines) is 1. The molecular weight excluding hydrogens is 346 g/mol. The van der Waals surface area contributed by atoms with E-state index in [4.69, 9.17) is 4.52 Å². The first-order valence-corrected chi connectivity index (χ1v) is 9.17. The second kappa shape index (κ2) is 7.92. The molecule has 0 bridgehead atoms. The van der Waals surface area contributed by atoms with Crippen molar-refractivity contribution < 1.29 is 19.2 Å². The summed E-state index contributed by atoms with van der Waals surface area (Å²) in [5, 5.41) is 16.2. The second-order valence-corrected chi connectivity index (χ2v) is 7.08. The molecule has 2 N–H and O–H groups in total. The van der Waals surface area contributed by atoms with E-state index < -0.39 is 11.6 Å². The average molecular weight is 371 g/mol. The molecule has 144 valence electrons. The summed E-state index contributed by atoms with van der Waals surface area (Å²) in [6.45, 7) is 3.55. The number of carbonyl (C=O) groups excluding carboxylic acids is 2. The Morgan fingerprint density at radius 3 is 2.78 bits per heavy atom. The van der Waals surface area contributed by atoms with Crippen LogP contribution < -0.4 is 5.32 Å². The maximum atomic E-state index is 13.1. The van der Waals surface area contributed by atoms with Gasteiger partial charge in [-0.15, -0.1) is 0 Å². The first kappa shape index (κ1) is 19.1. The number of aliphatic hydroxyl groups excluding tert-OH is 1. The van der Waals surface area contributed by atoms with E-state index in [0.717, 1.165) is 12.0 Å². The number of nitrogens with zero attached hydrogens (tertiary/aromatic N) is 2. The number of amides is 2. The lowest BCUT2D eigenvalue weighted by atomic mass is 9.88. The molecule has 7 heteroatoms. The van der Waals surface area contributed by atoms with Crippen molar-refractivity contribution in [3.63, 3.8) is 0 Å². The third-order valence-corrected chi connectivity index (χ3v) is 5.04. The highest BCUT2D eigenvalue weighted by Crippen LogP contribution is 2.34. The van der Waals surface area contributed by atoms with Crippen molar-refractivity contribution >= 4 is 11.8 Å². The van der Waals surface area contributed by atoms with Crippen molar-refractivity contribution in [3.05, 3.63) is 42.2 Å². The van der Waals surface area contributed by atoms with Crippen molar-refractivity contribution in [2.45, 2.75) is 44.7 Å². The van der Waals surface area contributed by atoms with Crippen LogP contribution in [0.5, 0.6) is 0 Å². The summed E-state index contributed by atoms with van der Waals surface area (Å²) in [7, 11) is 0. The Morgan fingerprint density at radius 2 is 2.11 bits per heavy atom. The van der Waals surface area contributed by atoms with Gasteiger partial charge in [0.05, 0.1) is 6.61 Å². The molecule has 0 spiro atoms. The van der Waals surface area contributed by atoms with Gasteiger partial charge in [0, 0.05) is 37.6 Å². The minimum atomic E-state index is -1.03. The molecule has 0 saturated carbocycles. The van der Waals surface area contributed by atoms with Crippen LogP contribution in [-0.2, 0) is 16.0 Å². The van der Waals surface area contributed by atoms with Gasteiger partial charge < -0.3 is 19.8 Å². The van der Waals surface area contributed by atoms with Crippen LogP contribution in [0.1, 0.15) is 32.4 Å². The summed E-state index contributed by atoms with van der Waals surface area (Å²) in [4.78, 5) is 26.9. The molecule has 0 radical (unpaired) electrons. The van der Waals surface area contributed by atoms with E-state index in [1.165, 1.54) is 6.92 Å². The topological polar surface area (TPSA) is 95.7 Å². The molecule has 0 aliphatic carbocycles. The number of aliphatic hydroxyl groups is 1. The summed E-state index contributed by atoms with van der Waals surface area (Å²) in [6.07, 6.45) is 1.52. The largest absolute Gasteiger partial charge is 0.394 e. The Balaban J connectivity index is 1.89. The van der Waals surface area contributed by atoms with Gasteiger partial charge >= 0.3 is 0 Å². The lowest BCUT2D eigenvalue weighted by molar-refractivity contribution is -0.144. The molecule has 2 amide bonds. The van der Waals surface area contributed by atoms with Crippen LogP contribution in [0.2, 0.25) is 0 Å². The molecule has 2 atom stereocenters. The van der Waals surface area contributed by atoms with Gasteiger partial charge in [-0.05, 0) is 19.8 Å². The predicted molar refractivity (Wildman–Crippen MR) is 99.7 cm³/mol. The quantitative estimate of drug-likeness (QED) is 0.807. The molecule has 1 aliphatic rings. The molecule has 2 heterocycles. The highest BCUT2D eigenvalue weighted by molar-refractivity contribution is 5.92. The summed E-state index contributed by atoms with van der Waals surface area (Å²) in [5.41, 5.74) is 0.593. The lowest BCUT2D eigenvalue weighted by Gasteiger charge is -2.36. The molecule has 2 aromatic rings. The molecular formula is C20H25N3O4. The van der Waals surface area contributed by atoms with Crippen molar-refractivity contribution in [2.24, 2.45) is 0 Å². The van der Waals surface area contributed by atoms with E-state index in [2.05, 4.69) is 10.5 Å². The zero-order valence-electron chi connectivity index (χ0n) is 15.6. The fourth-order valence-electron chi connectivity index (χ4n) is 3.67. The van der Waals surface area contributed by atoms with Gasteiger partial charge in [-0.1, -0.05) is 35.5 Å². The van der Waals surface area contributed by atoms with Crippen LogP contribution >= 0.6 is 0 Å². The molecule has 1 aromatic heterocycles. The number of hydrogen-bond donors (Lipinski definition) is 2. The first-order valence-electron chi connectivity index (χ1n) is 9.17. The number of hydrogen-bond acceptors (Lipinski definition) is 5. The Kier molecular flexibility index (Phi) is 5.60. The van der Waals surface area contributed by atoms with E-state index in [1.54, 1.807) is 11.8 Å². The Bertz CT molecular complexity index is 805. The molecule has 1 fully saturated rings. The van der Waals surface area contributed by atoms with E-state index >= 15 is 0 Å². The Morgan fingerprint density at radius 1 is 1.37 bits per heavy atom. The highest BCUT2D eigenvalue weighted by Gasteiger charge is 2.49. The highest BCUT2D eigenvalue weighted by atomic mass is 16.5. The number of rotatable bonds is 6. The number of aromatic nitrogens is 1. The summed E-state index contributed by atoms with van der Waals surface area (Å²) < 4.78 is 5.50. The number of carbonyl (C=O) groups is 2. The van der Waals surface area contributed by atoms with Crippen molar-refractivity contribution in [2.75, 3.05) is 13.2 Å². The number of nitrogens with one attached hydrogen (secondary N) is 1. The molecule has 27 heavy (non-hydrogen) atoms. The first-order chi connectivity index (χ1) is 13.0. The fraction of sp³-hybridized carbons (Fsp3) is 0.450. The van der Waals surface area contributed by atoms with Crippen LogP contribution in [0.3, 0.4) is 0 Å². The lowest BCUT2D eigenvalue weighted by Crippen LogP contribution is -2.59. The van der Waals surface area contributed by atoms with Crippen molar-refractivity contribution in [1.82, 2.24) is 15.4 Å². The van der Waals surface area contributed by atoms with E-state index in [1.807, 2.05) is 36.4 Å². The summed E-state index contributed by atoms with van der Waals surface area (Å²) in [5.74, 6) is 0.130. The van der Waals surface area contributed by atoms with Gasteiger partial charge in [-0.25, -0.2) is 0 Å². The van der Waals surface area contributed by atoms with Gasteiger partial charge in [0.15, 0.2) is 0 Å². The van der Waals surface area contributed by atoms with Crippen LogP contribution in [0.25, 0.3) is 11.3 Å². The zero-order valence-corrected chi connectivity index (χ0v) is 15.6. The van der Waals surface area contributed by atoms with E-state index in [-0.39, 0.29) is 24.8 Å². The zero-order chi connectivity index (χ0) is 19.4. The maximum absolute atomic E-state index is 13.1. The van der Waals surface area contributed by atoms with Crippen molar-refractivity contribution in [1.29, 1.82) is 0 Å². The second-order valence-electron chi connectivity index (χ2n) is 7.08. The number of benzene rings is 1. The van der Waals surface area contributed by atoms with E-state index in [0.29, 0.717) is 24.4 Å². The van der Waals surface area contributed by atoms with Crippen LogP contribution in [0, 0.1) is 0 Å². The standard InChI is InChI=1S/C20H25N3O4/c1-14(13-24)21-19(26)20(9-6-10-23(20)15(2)25)12-17-11-18(22-27-17)16-7-4-3-5-8-16/h3-5,7-8,11,14,24H,6,9-10,12-13H2,1-2H3,(H,21,26). The minimum absolute atomic E-state index is 0.151. The van der Waals surface area contributed by atoms with Gasteiger partial charge in [0.2, 0.25) is 11.8 Å². The van der Waals surface area contributed by atoms with Gasteiger partial charge in [-0.3, -0.25) is 9.59 Å². The van der Waals surface area contributed by atoms with E-state index in [9.17, 15) is 14.7 Å². The summed E-state index contributed by atoms with van der Waals surface area (Å²) >= 11 is 0. The molecule has 1 aliphatic heterocycles.